The summed E-state index contributed by atoms with van der Waals surface area (Å²) in [5.74, 6) is 5.95. The van der Waals surface area contributed by atoms with Gasteiger partial charge in [-0.15, -0.1) is 0 Å². The number of amidine groups is 1. The molecular formula is C19H34N6OS. The van der Waals surface area contributed by atoms with Gasteiger partial charge in [0.2, 0.25) is 5.91 Å². The van der Waals surface area contributed by atoms with Gasteiger partial charge in [0.25, 0.3) is 0 Å². The molecule has 1 fully saturated rings. The second-order valence-electron chi connectivity index (χ2n) is 5.84. The molecule has 7 nitrogen and oxygen atoms in total. The van der Waals surface area contributed by atoms with E-state index in [0.29, 0.717) is 18.3 Å². The van der Waals surface area contributed by atoms with E-state index in [-0.39, 0.29) is 19.1 Å². The van der Waals surface area contributed by atoms with Crippen LogP contribution in [-0.2, 0) is 11.2 Å². The van der Waals surface area contributed by atoms with Crippen LogP contribution in [-0.4, -0.2) is 66.6 Å². The van der Waals surface area contributed by atoms with Gasteiger partial charge in [0.15, 0.2) is 5.17 Å². The maximum atomic E-state index is 12.5. The molecule has 0 saturated carbocycles. The van der Waals surface area contributed by atoms with Crippen molar-refractivity contribution in [2.24, 2.45) is 16.6 Å². The Kier molecular flexibility index (Phi) is 10.8. The third-order valence-corrected chi connectivity index (χ3v) is 5.03. The summed E-state index contributed by atoms with van der Waals surface area (Å²) >= 11 is 1.38. The lowest BCUT2D eigenvalue weighted by molar-refractivity contribution is -0.131. The first-order valence-corrected chi connectivity index (χ1v) is 10.7. The van der Waals surface area contributed by atoms with E-state index in [2.05, 4.69) is 41.1 Å². The normalized spacial score (nSPS) is 14.5. The molecular weight excluding hydrogens is 360 g/mol. The minimum atomic E-state index is 0.0160. The van der Waals surface area contributed by atoms with Crippen molar-refractivity contribution in [3.63, 3.8) is 0 Å². The lowest BCUT2D eigenvalue weighted by atomic mass is 10.1. The van der Waals surface area contributed by atoms with Crippen LogP contribution in [0.5, 0.6) is 0 Å². The number of thioether (sulfide) groups is 1. The molecule has 0 spiro atoms. The monoisotopic (exact) mass is 394 g/mol. The Labute approximate surface area is 167 Å². The van der Waals surface area contributed by atoms with Crippen molar-refractivity contribution in [2.45, 2.75) is 27.2 Å². The maximum absolute atomic E-state index is 12.5. The topological polar surface area (TPSA) is 91.2 Å². The van der Waals surface area contributed by atoms with Crippen molar-refractivity contribution in [3.05, 3.63) is 29.8 Å². The predicted octanol–water partition coefficient (Wildman–Crippen LogP) is 1.73. The fourth-order valence-electron chi connectivity index (χ4n) is 2.82. The second-order valence-corrected chi connectivity index (χ2v) is 6.62. The summed E-state index contributed by atoms with van der Waals surface area (Å²) in [6.07, 6.45) is 2.91. The summed E-state index contributed by atoms with van der Waals surface area (Å²) in [5, 5.41) is 1.95. The molecule has 1 aromatic carbocycles. The molecule has 1 aromatic rings. The zero-order chi connectivity index (χ0) is 20.2. The molecule has 1 amide bonds. The van der Waals surface area contributed by atoms with Crippen LogP contribution in [0.25, 0.3) is 0 Å². The van der Waals surface area contributed by atoms with E-state index in [4.69, 9.17) is 11.6 Å². The highest BCUT2D eigenvalue weighted by Crippen LogP contribution is 2.17. The lowest BCUT2D eigenvalue weighted by Crippen LogP contribution is -2.52. The lowest BCUT2D eigenvalue weighted by Gasteiger charge is -2.36. The Balaban J connectivity index is 0.00000176. The first-order valence-electron chi connectivity index (χ1n) is 9.51. The van der Waals surface area contributed by atoms with Crippen molar-refractivity contribution >= 4 is 28.5 Å². The molecule has 1 aliphatic rings. The van der Waals surface area contributed by atoms with E-state index in [0.717, 1.165) is 19.5 Å². The summed E-state index contributed by atoms with van der Waals surface area (Å²) in [6, 6.07) is 8.65. The van der Waals surface area contributed by atoms with E-state index in [1.807, 2.05) is 25.0 Å². The number of anilines is 1. The third kappa shape index (κ3) is 7.04. The highest BCUT2D eigenvalue weighted by Gasteiger charge is 2.23. The fraction of sp³-hybridized carbons (Fsp3) is 0.579. The zero-order valence-corrected chi connectivity index (χ0v) is 17.8. The summed E-state index contributed by atoms with van der Waals surface area (Å²) < 4.78 is 0. The highest BCUT2D eigenvalue weighted by atomic mass is 32.2. The van der Waals surface area contributed by atoms with Crippen molar-refractivity contribution in [3.8, 4) is 0 Å². The number of nitrogens with two attached hydrogens (primary N) is 2. The van der Waals surface area contributed by atoms with Gasteiger partial charge >= 0.3 is 0 Å². The average molecular weight is 395 g/mol. The molecule has 1 saturated heterocycles. The van der Waals surface area contributed by atoms with Gasteiger partial charge in [-0.3, -0.25) is 9.80 Å². The number of amides is 1. The van der Waals surface area contributed by atoms with E-state index in [1.165, 1.54) is 28.0 Å². The quantitative estimate of drug-likeness (QED) is 0.342. The van der Waals surface area contributed by atoms with E-state index < -0.39 is 0 Å². The van der Waals surface area contributed by atoms with Crippen LogP contribution in [0.1, 0.15) is 26.3 Å². The maximum Gasteiger partial charge on any atom is 0.243 e. The van der Waals surface area contributed by atoms with Crippen LogP contribution in [0.3, 0.4) is 0 Å². The molecule has 1 aliphatic heterocycles. The Bertz CT molecular complexity index is 584. The number of benzene rings is 1. The van der Waals surface area contributed by atoms with Crippen molar-refractivity contribution < 1.29 is 4.79 Å². The zero-order valence-electron chi connectivity index (χ0n) is 17.0. The molecule has 0 aromatic heterocycles. The van der Waals surface area contributed by atoms with Gasteiger partial charge in [0, 0.05) is 31.9 Å². The molecule has 2 rings (SSSR count). The molecule has 0 aliphatic carbocycles. The largest absolute Gasteiger partial charge is 0.368 e. The molecule has 27 heavy (non-hydrogen) atoms. The Morgan fingerprint density at radius 1 is 1.19 bits per heavy atom. The van der Waals surface area contributed by atoms with Crippen LogP contribution in [0.2, 0.25) is 0 Å². The van der Waals surface area contributed by atoms with Gasteiger partial charge in [-0.1, -0.05) is 44.7 Å². The molecule has 0 radical (unpaired) electrons. The van der Waals surface area contributed by atoms with Gasteiger partial charge in [-0.05, 0) is 30.4 Å². The molecule has 4 N–H and O–H groups in total. The minimum absolute atomic E-state index is 0.0160. The van der Waals surface area contributed by atoms with Gasteiger partial charge in [-0.25, -0.2) is 10.8 Å². The van der Waals surface area contributed by atoms with Crippen LogP contribution in [0.4, 0.5) is 5.69 Å². The number of hydrogen-bond donors (Lipinski definition) is 2. The Hall–Kier alpha value is -1.77. The van der Waals surface area contributed by atoms with Gasteiger partial charge < -0.3 is 15.5 Å². The van der Waals surface area contributed by atoms with Gasteiger partial charge in [0.05, 0.1) is 6.67 Å². The second kappa shape index (κ2) is 12.6. The number of carbonyl (C=O) groups is 1. The highest BCUT2D eigenvalue weighted by molar-refractivity contribution is 8.13. The van der Waals surface area contributed by atoms with Crippen LogP contribution >= 0.6 is 11.8 Å². The van der Waals surface area contributed by atoms with Gasteiger partial charge in [-0.2, -0.15) is 0 Å². The molecule has 0 atom stereocenters. The standard InChI is InChI=1S/C17H28N6OS.C2H6/c1-3-14-4-6-15(7-5-14)21-8-10-22(11-9-21)16(24)12-23(19)17(25-2)20-13-18;1-2/h4-7H,3,8-13,18-19H2,1-2H3;1-2H3/b20-17+;. The molecule has 152 valence electrons. The third-order valence-electron chi connectivity index (χ3n) is 4.30. The summed E-state index contributed by atoms with van der Waals surface area (Å²) in [5.41, 5.74) is 7.97. The Morgan fingerprint density at radius 2 is 1.78 bits per heavy atom. The minimum Gasteiger partial charge on any atom is -0.368 e. The average Bonchev–Trinajstić information content (AvgIpc) is 2.73. The number of piperazine rings is 1. The number of aliphatic imine (C=N–C) groups is 1. The summed E-state index contributed by atoms with van der Waals surface area (Å²) in [7, 11) is 0. The van der Waals surface area contributed by atoms with Crippen LogP contribution < -0.4 is 16.5 Å². The number of rotatable bonds is 5. The number of carbonyl (C=O) groups excluding carboxylic acids is 1. The van der Waals surface area contributed by atoms with Gasteiger partial charge in [0.1, 0.15) is 6.54 Å². The SMILES string of the molecule is CC.CCc1ccc(N2CCN(C(=O)CN(N)/C(=N\CN)SC)CC2)cc1. The summed E-state index contributed by atoms with van der Waals surface area (Å²) in [6.45, 7) is 9.48. The smallest absolute Gasteiger partial charge is 0.243 e. The van der Waals surface area contributed by atoms with Crippen LogP contribution in [0, 0.1) is 0 Å². The fourth-order valence-corrected chi connectivity index (χ4v) is 3.32. The first-order chi connectivity index (χ1) is 13.1. The molecule has 0 unspecified atom stereocenters. The predicted molar refractivity (Wildman–Crippen MR) is 117 cm³/mol. The number of hydrogen-bond acceptors (Lipinski definition) is 6. The van der Waals surface area contributed by atoms with Crippen LogP contribution in [0.15, 0.2) is 29.3 Å². The van der Waals surface area contributed by atoms with Crippen molar-refractivity contribution in [1.29, 1.82) is 0 Å². The summed E-state index contributed by atoms with van der Waals surface area (Å²) in [4.78, 5) is 20.7. The first kappa shape index (κ1) is 23.3. The number of aryl methyl sites for hydroxylation is 1. The molecule has 8 heteroatoms. The Morgan fingerprint density at radius 3 is 2.26 bits per heavy atom. The van der Waals surface area contributed by atoms with E-state index in [9.17, 15) is 4.79 Å². The number of hydrazine groups is 1. The van der Waals surface area contributed by atoms with E-state index >= 15 is 0 Å². The van der Waals surface area contributed by atoms with Crippen molar-refractivity contribution in [1.82, 2.24) is 9.91 Å². The molecule has 0 bridgehead atoms. The van der Waals surface area contributed by atoms with E-state index in [1.54, 1.807) is 0 Å². The van der Waals surface area contributed by atoms with Crippen molar-refractivity contribution in [2.75, 3.05) is 50.5 Å². The molecule has 1 heterocycles. The number of nitrogens with zero attached hydrogens (tertiary/aromatic N) is 4.